The van der Waals surface area contributed by atoms with Gasteiger partial charge >= 0.3 is 0 Å². The van der Waals surface area contributed by atoms with E-state index in [1.54, 1.807) is 18.6 Å². The first-order valence-electron chi connectivity index (χ1n) is 7.41. The van der Waals surface area contributed by atoms with Gasteiger partial charge in [0.1, 0.15) is 0 Å². The van der Waals surface area contributed by atoms with Gasteiger partial charge < -0.3 is 0 Å². The minimum absolute atomic E-state index is 0.860. The van der Waals surface area contributed by atoms with Gasteiger partial charge in [0.25, 0.3) is 0 Å². The summed E-state index contributed by atoms with van der Waals surface area (Å²) in [7, 11) is 0. The van der Waals surface area contributed by atoms with Crippen LogP contribution in [0.4, 0.5) is 0 Å². The molecule has 0 amide bonds. The summed E-state index contributed by atoms with van der Waals surface area (Å²) in [6.07, 6.45) is 5.20. The minimum Gasteiger partial charge on any atom is -0.256 e. The highest BCUT2D eigenvalue weighted by Crippen LogP contribution is 2.30. The molecular formula is C19H14N4. The minimum atomic E-state index is 0.860. The van der Waals surface area contributed by atoms with Crippen LogP contribution < -0.4 is 0 Å². The van der Waals surface area contributed by atoms with Crippen LogP contribution in [0, 0.1) is 6.92 Å². The molecule has 0 atom stereocenters. The molecule has 0 bridgehead atoms. The van der Waals surface area contributed by atoms with Crippen LogP contribution in [0.5, 0.6) is 0 Å². The van der Waals surface area contributed by atoms with Crippen LogP contribution in [0.2, 0.25) is 0 Å². The summed E-state index contributed by atoms with van der Waals surface area (Å²) in [5.74, 6) is 0. The van der Waals surface area contributed by atoms with E-state index in [2.05, 4.69) is 19.9 Å². The second-order valence-corrected chi connectivity index (χ2v) is 5.32. The lowest BCUT2D eigenvalue weighted by atomic mass is 10.0. The summed E-state index contributed by atoms with van der Waals surface area (Å²) in [6.45, 7) is 1.99. The van der Waals surface area contributed by atoms with E-state index in [0.29, 0.717) is 0 Å². The fourth-order valence-electron chi connectivity index (χ4n) is 2.65. The zero-order chi connectivity index (χ0) is 15.6. The Balaban J connectivity index is 1.91. The molecule has 0 unspecified atom stereocenters. The Morgan fingerprint density at radius 3 is 2.48 bits per heavy atom. The molecule has 4 heteroatoms. The molecule has 23 heavy (non-hydrogen) atoms. The maximum Gasteiger partial charge on any atom is 0.0893 e. The third-order valence-electron chi connectivity index (χ3n) is 3.71. The molecule has 0 radical (unpaired) electrons. The Bertz CT molecular complexity index is 995. The second kappa shape index (κ2) is 5.57. The number of rotatable bonds is 2. The van der Waals surface area contributed by atoms with E-state index in [1.807, 2.05) is 55.5 Å². The van der Waals surface area contributed by atoms with Crippen molar-refractivity contribution in [3.05, 3.63) is 72.8 Å². The van der Waals surface area contributed by atoms with Crippen molar-refractivity contribution in [2.45, 2.75) is 6.92 Å². The molecule has 0 aliphatic rings. The van der Waals surface area contributed by atoms with Crippen LogP contribution in [0.25, 0.3) is 33.5 Å². The quantitative estimate of drug-likeness (QED) is 0.560. The number of benzene rings is 1. The molecule has 0 saturated heterocycles. The van der Waals surface area contributed by atoms with Crippen molar-refractivity contribution < 1.29 is 0 Å². The molecule has 3 aromatic heterocycles. The van der Waals surface area contributed by atoms with Crippen LogP contribution in [-0.4, -0.2) is 19.9 Å². The van der Waals surface area contributed by atoms with Crippen LogP contribution in [0.3, 0.4) is 0 Å². The number of pyridine rings is 2. The van der Waals surface area contributed by atoms with Gasteiger partial charge in [-0.1, -0.05) is 12.1 Å². The normalized spacial score (nSPS) is 10.8. The molecular weight excluding hydrogens is 284 g/mol. The Kier molecular flexibility index (Phi) is 3.27. The number of fused-ring (bicyclic) bond motifs is 1. The Morgan fingerprint density at radius 2 is 1.61 bits per heavy atom. The number of aromatic nitrogens is 4. The Labute approximate surface area is 133 Å². The maximum absolute atomic E-state index is 4.62. The van der Waals surface area contributed by atoms with Crippen molar-refractivity contribution in [1.29, 1.82) is 0 Å². The molecule has 0 N–H and O–H groups in total. The van der Waals surface area contributed by atoms with Crippen LogP contribution in [0.15, 0.2) is 67.1 Å². The van der Waals surface area contributed by atoms with Gasteiger partial charge in [0.15, 0.2) is 0 Å². The number of hydrogen-bond acceptors (Lipinski definition) is 4. The van der Waals surface area contributed by atoms with Crippen molar-refractivity contribution in [2.75, 3.05) is 0 Å². The average molecular weight is 298 g/mol. The highest BCUT2D eigenvalue weighted by Gasteiger charge is 2.10. The summed E-state index contributed by atoms with van der Waals surface area (Å²) in [6, 6.07) is 16.0. The third kappa shape index (κ3) is 2.55. The first-order valence-corrected chi connectivity index (χ1v) is 7.41. The lowest BCUT2D eigenvalue weighted by Crippen LogP contribution is -1.93. The van der Waals surface area contributed by atoms with Crippen molar-refractivity contribution >= 4 is 11.0 Å². The third-order valence-corrected chi connectivity index (χ3v) is 3.71. The standard InChI is InChI=1S/C19H14N4/c1-13-4-2-6-16(23-13)15-5-3-9-22-19(15)14-7-8-17-18(12-14)21-11-10-20-17/h2-12H,1H3. The molecule has 4 aromatic rings. The van der Waals surface area contributed by atoms with E-state index in [0.717, 1.165) is 39.2 Å². The topological polar surface area (TPSA) is 51.6 Å². The predicted octanol–water partition coefficient (Wildman–Crippen LogP) is 4.06. The van der Waals surface area contributed by atoms with Crippen molar-refractivity contribution in [3.8, 4) is 22.5 Å². The molecule has 1 aromatic carbocycles. The predicted molar refractivity (Wildman–Crippen MR) is 90.7 cm³/mol. The fourth-order valence-corrected chi connectivity index (χ4v) is 2.65. The van der Waals surface area contributed by atoms with E-state index in [9.17, 15) is 0 Å². The number of aryl methyl sites for hydroxylation is 1. The summed E-state index contributed by atoms with van der Waals surface area (Å²) >= 11 is 0. The highest BCUT2D eigenvalue weighted by atomic mass is 14.8. The molecule has 0 fully saturated rings. The van der Waals surface area contributed by atoms with E-state index < -0.39 is 0 Å². The van der Waals surface area contributed by atoms with Crippen molar-refractivity contribution in [3.63, 3.8) is 0 Å². The monoisotopic (exact) mass is 298 g/mol. The summed E-state index contributed by atoms with van der Waals surface area (Å²) in [5.41, 5.74) is 6.57. The number of hydrogen-bond donors (Lipinski definition) is 0. The Morgan fingerprint density at radius 1 is 0.739 bits per heavy atom. The van der Waals surface area contributed by atoms with Crippen molar-refractivity contribution in [1.82, 2.24) is 19.9 Å². The van der Waals surface area contributed by atoms with Gasteiger partial charge in [-0.3, -0.25) is 19.9 Å². The molecule has 0 saturated carbocycles. The largest absolute Gasteiger partial charge is 0.256 e. The van der Waals surface area contributed by atoms with E-state index >= 15 is 0 Å². The van der Waals surface area contributed by atoms with Crippen LogP contribution >= 0.6 is 0 Å². The van der Waals surface area contributed by atoms with Gasteiger partial charge in [0, 0.05) is 35.4 Å². The molecule has 0 spiro atoms. The smallest absolute Gasteiger partial charge is 0.0893 e. The molecule has 0 aliphatic carbocycles. The lowest BCUT2D eigenvalue weighted by molar-refractivity contribution is 1.20. The summed E-state index contributed by atoms with van der Waals surface area (Å²) in [5, 5.41) is 0. The molecule has 4 rings (SSSR count). The summed E-state index contributed by atoms with van der Waals surface area (Å²) in [4.78, 5) is 17.9. The molecule has 4 nitrogen and oxygen atoms in total. The fraction of sp³-hybridized carbons (Fsp3) is 0.0526. The Hall–Kier alpha value is -3.14. The molecule has 110 valence electrons. The van der Waals surface area contributed by atoms with Crippen LogP contribution in [-0.2, 0) is 0 Å². The van der Waals surface area contributed by atoms with E-state index in [4.69, 9.17) is 0 Å². The SMILES string of the molecule is Cc1cccc(-c2cccnc2-c2ccc3nccnc3c2)n1. The van der Waals surface area contributed by atoms with Gasteiger partial charge in [-0.05, 0) is 43.3 Å². The van der Waals surface area contributed by atoms with E-state index in [-0.39, 0.29) is 0 Å². The second-order valence-electron chi connectivity index (χ2n) is 5.32. The molecule has 3 heterocycles. The lowest BCUT2D eigenvalue weighted by Gasteiger charge is -2.09. The van der Waals surface area contributed by atoms with Gasteiger partial charge in [-0.25, -0.2) is 0 Å². The van der Waals surface area contributed by atoms with Gasteiger partial charge in [-0.15, -0.1) is 0 Å². The summed E-state index contributed by atoms with van der Waals surface area (Å²) < 4.78 is 0. The van der Waals surface area contributed by atoms with Gasteiger partial charge in [0.2, 0.25) is 0 Å². The van der Waals surface area contributed by atoms with Crippen LogP contribution in [0.1, 0.15) is 5.69 Å². The maximum atomic E-state index is 4.62. The zero-order valence-corrected chi connectivity index (χ0v) is 12.6. The first kappa shape index (κ1) is 13.5. The first-order chi connectivity index (χ1) is 11.3. The van der Waals surface area contributed by atoms with Gasteiger partial charge in [-0.2, -0.15) is 0 Å². The number of nitrogens with zero attached hydrogens (tertiary/aromatic N) is 4. The average Bonchev–Trinajstić information content (AvgIpc) is 2.61. The molecule has 0 aliphatic heterocycles. The highest BCUT2D eigenvalue weighted by molar-refractivity contribution is 5.85. The van der Waals surface area contributed by atoms with Crippen molar-refractivity contribution in [2.24, 2.45) is 0 Å². The zero-order valence-electron chi connectivity index (χ0n) is 12.6. The van der Waals surface area contributed by atoms with Gasteiger partial charge in [0.05, 0.1) is 22.4 Å². The van der Waals surface area contributed by atoms with E-state index in [1.165, 1.54) is 0 Å².